The first kappa shape index (κ1) is 21.6. The lowest BCUT2D eigenvalue weighted by molar-refractivity contribution is -0.159. The summed E-state index contributed by atoms with van der Waals surface area (Å²) in [6.07, 6.45) is -0.486. The molecule has 0 fully saturated rings. The molecule has 0 radical (unpaired) electrons. The second kappa shape index (κ2) is 11.2. The van der Waals surface area contributed by atoms with Gasteiger partial charge in [0, 0.05) is 18.0 Å². The van der Waals surface area contributed by atoms with Gasteiger partial charge in [-0.05, 0) is 43.1 Å². The minimum Gasteiger partial charge on any atom is -0.491 e. The minimum atomic E-state index is -1.82. The van der Waals surface area contributed by atoms with Crippen LogP contribution in [0.15, 0.2) is 41.8 Å². The third-order valence-corrected chi connectivity index (χ3v) is 4.00. The number of hydrogen-bond acceptors (Lipinski definition) is 6. The van der Waals surface area contributed by atoms with Crippen molar-refractivity contribution in [3.8, 4) is 5.75 Å². The van der Waals surface area contributed by atoms with Crippen molar-refractivity contribution in [1.29, 1.82) is 0 Å². The third kappa shape index (κ3) is 9.16. The lowest BCUT2D eigenvalue weighted by Crippen LogP contribution is -2.32. The Morgan fingerprint density at radius 3 is 2.42 bits per heavy atom. The zero-order chi connectivity index (χ0) is 19.5. The number of aryl methyl sites for hydroxylation is 1. The fourth-order valence-corrected chi connectivity index (χ4v) is 2.83. The molecule has 2 rings (SSSR count). The number of carboxylic acids is 2. The summed E-state index contributed by atoms with van der Waals surface area (Å²) in [7, 11) is 2.01. The maximum Gasteiger partial charge on any atom is 0.414 e. The summed E-state index contributed by atoms with van der Waals surface area (Å²) in [5.74, 6) is -2.84. The maximum atomic E-state index is 10.0. The van der Waals surface area contributed by atoms with Crippen LogP contribution in [0.1, 0.15) is 10.4 Å². The smallest absolute Gasteiger partial charge is 0.414 e. The van der Waals surface area contributed by atoms with Gasteiger partial charge in [-0.3, -0.25) is 4.90 Å². The molecule has 0 saturated carbocycles. The van der Waals surface area contributed by atoms with Crippen molar-refractivity contribution in [2.24, 2.45) is 0 Å². The molecule has 1 aromatic heterocycles. The van der Waals surface area contributed by atoms with E-state index in [0.29, 0.717) is 13.2 Å². The summed E-state index contributed by atoms with van der Waals surface area (Å²) < 4.78 is 5.61. The molecule has 0 bridgehead atoms. The number of hydrogen-bond donors (Lipinski definition) is 3. The van der Waals surface area contributed by atoms with Crippen LogP contribution in [0.4, 0.5) is 0 Å². The van der Waals surface area contributed by atoms with Gasteiger partial charge in [-0.15, -0.1) is 11.3 Å². The average Bonchev–Trinajstić information content (AvgIpc) is 3.06. The molecule has 0 aliphatic carbocycles. The number of likely N-dealkylation sites (N-methyl/N-ethyl adjacent to an activating group) is 1. The molecule has 0 aliphatic rings. The molecule has 1 heterocycles. The van der Waals surface area contributed by atoms with Crippen LogP contribution in [0.3, 0.4) is 0 Å². The minimum absolute atomic E-state index is 0.318. The van der Waals surface area contributed by atoms with E-state index in [9.17, 15) is 5.11 Å². The van der Waals surface area contributed by atoms with E-state index in [1.807, 2.05) is 44.3 Å². The van der Waals surface area contributed by atoms with Gasteiger partial charge in [0.05, 0.1) is 0 Å². The highest BCUT2D eigenvalue weighted by molar-refractivity contribution is 7.09. The number of benzene rings is 1. The zero-order valence-corrected chi connectivity index (χ0v) is 15.5. The number of aliphatic hydroxyl groups excluding tert-OH is 1. The molecule has 1 atom stereocenters. The Bertz CT molecular complexity index is 677. The van der Waals surface area contributed by atoms with Gasteiger partial charge in [0.15, 0.2) is 0 Å². The van der Waals surface area contributed by atoms with Gasteiger partial charge in [0.25, 0.3) is 0 Å². The van der Waals surface area contributed by atoms with Crippen molar-refractivity contribution in [2.75, 3.05) is 20.2 Å². The van der Waals surface area contributed by atoms with Crippen molar-refractivity contribution in [1.82, 2.24) is 4.90 Å². The number of carboxylic acid groups (broad SMARTS) is 2. The Morgan fingerprint density at radius 2 is 1.88 bits per heavy atom. The van der Waals surface area contributed by atoms with Gasteiger partial charge < -0.3 is 20.1 Å². The first-order valence-corrected chi connectivity index (χ1v) is 8.70. The van der Waals surface area contributed by atoms with Crippen LogP contribution in [0.2, 0.25) is 0 Å². The van der Waals surface area contributed by atoms with Crippen LogP contribution >= 0.6 is 11.3 Å². The Morgan fingerprint density at radius 1 is 1.19 bits per heavy atom. The molecule has 1 aromatic carbocycles. The van der Waals surface area contributed by atoms with Crippen molar-refractivity contribution >= 4 is 23.3 Å². The normalized spacial score (nSPS) is 11.4. The number of aliphatic hydroxyl groups is 1. The fraction of sp³-hybridized carbons (Fsp3) is 0.333. The van der Waals surface area contributed by atoms with Crippen molar-refractivity contribution in [3.63, 3.8) is 0 Å². The summed E-state index contributed by atoms with van der Waals surface area (Å²) in [6.45, 7) is 3.80. The summed E-state index contributed by atoms with van der Waals surface area (Å²) >= 11 is 1.74. The topological polar surface area (TPSA) is 107 Å². The third-order valence-electron chi connectivity index (χ3n) is 3.14. The van der Waals surface area contributed by atoms with Crippen molar-refractivity contribution in [3.05, 3.63) is 52.2 Å². The molecule has 7 nitrogen and oxygen atoms in total. The summed E-state index contributed by atoms with van der Waals surface area (Å²) in [4.78, 5) is 21.6. The number of nitrogens with zero attached hydrogens (tertiary/aromatic N) is 1. The molecule has 0 saturated heterocycles. The number of carbonyl (C=O) groups is 2. The van der Waals surface area contributed by atoms with E-state index in [1.165, 1.54) is 4.88 Å². The molecule has 0 spiro atoms. The highest BCUT2D eigenvalue weighted by Crippen LogP contribution is 2.13. The molecule has 1 unspecified atom stereocenters. The molecular formula is C18H23NO6S. The fourth-order valence-electron chi connectivity index (χ4n) is 2.04. The molecule has 142 valence electrons. The molecule has 2 aromatic rings. The predicted molar refractivity (Wildman–Crippen MR) is 98.6 cm³/mol. The maximum absolute atomic E-state index is 10.0. The van der Waals surface area contributed by atoms with Gasteiger partial charge in [0.2, 0.25) is 0 Å². The quantitative estimate of drug-likeness (QED) is 0.630. The first-order valence-electron chi connectivity index (χ1n) is 7.82. The summed E-state index contributed by atoms with van der Waals surface area (Å²) in [5.41, 5.74) is 1.16. The molecule has 8 heteroatoms. The highest BCUT2D eigenvalue weighted by Gasteiger charge is 2.10. The lowest BCUT2D eigenvalue weighted by atomic mass is 10.2. The number of ether oxygens (including phenoxy) is 1. The van der Waals surface area contributed by atoms with Crippen LogP contribution < -0.4 is 4.74 Å². The van der Waals surface area contributed by atoms with Crippen LogP contribution in [0.5, 0.6) is 5.75 Å². The zero-order valence-electron chi connectivity index (χ0n) is 14.7. The summed E-state index contributed by atoms with van der Waals surface area (Å²) in [5, 5.41) is 26.9. The molecule has 0 aliphatic heterocycles. The van der Waals surface area contributed by atoms with E-state index in [4.69, 9.17) is 24.5 Å². The lowest BCUT2D eigenvalue weighted by Gasteiger charge is -2.20. The number of aliphatic carboxylic acids is 2. The average molecular weight is 381 g/mol. The highest BCUT2D eigenvalue weighted by atomic mass is 32.1. The van der Waals surface area contributed by atoms with Crippen LogP contribution in [0, 0.1) is 6.92 Å². The number of thiophene rings is 1. The van der Waals surface area contributed by atoms with Gasteiger partial charge in [-0.1, -0.05) is 18.2 Å². The standard InChI is InChI=1S/C16H21NO2S.C2H2O4/c1-13-5-3-6-15(9-13)19-12-14(18)10-17(2)11-16-7-4-8-20-16;3-1(4)2(5)6/h3-9,14,18H,10-12H2,1-2H3;(H,3,4)(H,5,6). The first-order chi connectivity index (χ1) is 12.3. The van der Waals surface area contributed by atoms with Crippen LogP contribution in [-0.2, 0) is 16.1 Å². The molecule has 0 amide bonds. The van der Waals surface area contributed by atoms with E-state index in [-0.39, 0.29) is 0 Å². The van der Waals surface area contributed by atoms with Crippen molar-refractivity contribution < 1.29 is 29.6 Å². The van der Waals surface area contributed by atoms with E-state index < -0.39 is 18.0 Å². The second-order valence-electron chi connectivity index (χ2n) is 5.67. The van der Waals surface area contributed by atoms with E-state index >= 15 is 0 Å². The van der Waals surface area contributed by atoms with E-state index in [0.717, 1.165) is 17.9 Å². The second-order valence-corrected chi connectivity index (χ2v) is 6.70. The molecular weight excluding hydrogens is 358 g/mol. The predicted octanol–water partition coefficient (Wildman–Crippen LogP) is 2.08. The summed E-state index contributed by atoms with van der Waals surface area (Å²) in [6, 6.07) is 12.0. The van der Waals surface area contributed by atoms with Crippen LogP contribution in [-0.4, -0.2) is 58.5 Å². The van der Waals surface area contributed by atoms with Gasteiger partial charge in [0.1, 0.15) is 18.5 Å². The van der Waals surface area contributed by atoms with E-state index in [2.05, 4.69) is 16.3 Å². The Balaban J connectivity index is 0.000000487. The van der Waals surface area contributed by atoms with Gasteiger partial charge >= 0.3 is 11.9 Å². The van der Waals surface area contributed by atoms with Gasteiger partial charge in [-0.25, -0.2) is 9.59 Å². The van der Waals surface area contributed by atoms with Gasteiger partial charge in [-0.2, -0.15) is 0 Å². The van der Waals surface area contributed by atoms with E-state index in [1.54, 1.807) is 11.3 Å². The number of rotatable bonds is 7. The molecule has 26 heavy (non-hydrogen) atoms. The SMILES string of the molecule is Cc1cccc(OCC(O)CN(C)Cc2cccs2)c1.O=C(O)C(=O)O. The molecule has 3 N–H and O–H groups in total. The Hall–Kier alpha value is -2.42. The Labute approximate surface area is 156 Å². The largest absolute Gasteiger partial charge is 0.491 e. The van der Waals surface area contributed by atoms with Crippen molar-refractivity contribution in [2.45, 2.75) is 19.6 Å². The van der Waals surface area contributed by atoms with Crippen LogP contribution in [0.25, 0.3) is 0 Å². The Kier molecular flexibility index (Phi) is 9.35. The monoisotopic (exact) mass is 381 g/mol.